The highest BCUT2D eigenvalue weighted by Crippen LogP contribution is 2.33. The van der Waals surface area contributed by atoms with E-state index in [1.54, 1.807) is 17.0 Å². The van der Waals surface area contributed by atoms with E-state index in [1.165, 1.54) is 0 Å². The van der Waals surface area contributed by atoms with Crippen molar-refractivity contribution in [2.75, 3.05) is 19.6 Å². The second-order valence-electron chi connectivity index (χ2n) is 12.3. The number of hydrogen-bond donors (Lipinski definition) is 1. The van der Waals surface area contributed by atoms with Crippen LogP contribution in [0, 0.1) is 5.92 Å². The molecule has 0 spiro atoms. The molecule has 2 aliphatic heterocycles. The predicted octanol–water partition coefficient (Wildman–Crippen LogP) is 5.47. The number of piperidine rings is 2. The predicted molar refractivity (Wildman–Crippen MR) is 162 cm³/mol. The fourth-order valence-corrected chi connectivity index (χ4v) is 5.89. The Kier molecular flexibility index (Phi) is 8.94. The average molecular weight is 572 g/mol. The summed E-state index contributed by atoms with van der Waals surface area (Å²) in [6.45, 7) is 7.98. The molecule has 1 N–H and O–H groups in total. The van der Waals surface area contributed by atoms with Crippen LogP contribution in [0.4, 0.5) is 9.59 Å². The van der Waals surface area contributed by atoms with E-state index in [0.29, 0.717) is 50.6 Å². The van der Waals surface area contributed by atoms with Crippen molar-refractivity contribution >= 4 is 12.1 Å². The van der Waals surface area contributed by atoms with Gasteiger partial charge < -0.3 is 19.9 Å². The molecular formula is C33H41N5O4. The normalized spacial score (nSPS) is 19.8. The Morgan fingerprint density at radius 3 is 2.26 bits per heavy atom. The van der Waals surface area contributed by atoms with Gasteiger partial charge >= 0.3 is 12.1 Å². The molecule has 1 aromatic heterocycles. The van der Waals surface area contributed by atoms with Gasteiger partial charge in [0.05, 0.1) is 18.1 Å². The number of amides is 3. The zero-order valence-corrected chi connectivity index (χ0v) is 24.7. The van der Waals surface area contributed by atoms with Gasteiger partial charge in [0.2, 0.25) is 0 Å². The molecule has 2 fully saturated rings. The number of carbonyl (C=O) groups is 2. The van der Waals surface area contributed by atoms with Gasteiger partial charge in [-0.3, -0.25) is 9.36 Å². The molecule has 0 unspecified atom stereocenters. The molecule has 2 aromatic carbocycles. The fraction of sp³-hybridized carbons (Fsp3) is 0.455. The lowest BCUT2D eigenvalue weighted by Gasteiger charge is -2.43. The number of rotatable bonds is 5. The summed E-state index contributed by atoms with van der Waals surface area (Å²) in [6.07, 6.45) is 4.16. The van der Waals surface area contributed by atoms with Gasteiger partial charge in [-0.15, -0.1) is 0 Å². The van der Waals surface area contributed by atoms with Gasteiger partial charge in [0, 0.05) is 43.9 Å². The van der Waals surface area contributed by atoms with Gasteiger partial charge in [0.25, 0.3) is 5.56 Å². The van der Waals surface area contributed by atoms with E-state index in [0.717, 1.165) is 24.0 Å². The molecule has 5 rings (SSSR count). The average Bonchev–Trinajstić information content (AvgIpc) is 2.98. The maximum absolute atomic E-state index is 13.8. The summed E-state index contributed by atoms with van der Waals surface area (Å²) in [7, 11) is 0. The second kappa shape index (κ2) is 12.8. The van der Waals surface area contributed by atoms with Crippen LogP contribution >= 0.6 is 0 Å². The minimum absolute atomic E-state index is 0.0315. The number of aromatic nitrogens is 2. The molecule has 3 aromatic rings. The van der Waals surface area contributed by atoms with Crippen LogP contribution in [0.3, 0.4) is 0 Å². The quantitative estimate of drug-likeness (QED) is 0.438. The number of nitrogens with zero attached hydrogens (tertiary/aromatic N) is 4. The maximum Gasteiger partial charge on any atom is 0.407 e. The molecule has 9 nitrogen and oxygen atoms in total. The van der Waals surface area contributed by atoms with E-state index >= 15 is 0 Å². The van der Waals surface area contributed by atoms with Crippen molar-refractivity contribution < 1.29 is 14.3 Å². The molecule has 0 aliphatic carbocycles. The van der Waals surface area contributed by atoms with Crippen molar-refractivity contribution in [3.8, 4) is 11.3 Å². The second-order valence-corrected chi connectivity index (χ2v) is 12.3. The summed E-state index contributed by atoms with van der Waals surface area (Å²) in [4.78, 5) is 47.5. The molecular weight excluding hydrogens is 530 g/mol. The molecule has 3 amide bonds. The zero-order valence-electron chi connectivity index (χ0n) is 24.7. The summed E-state index contributed by atoms with van der Waals surface area (Å²) < 4.78 is 7.16. The number of carbonyl (C=O) groups excluding carboxylic acids is 2. The monoisotopic (exact) mass is 571 g/mol. The Hall–Kier alpha value is -4.14. The molecule has 2 atom stereocenters. The summed E-state index contributed by atoms with van der Waals surface area (Å²) in [5.74, 6) is 0.296. The number of urea groups is 1. The van der Waals surface area contributed by atoms with Crippen molar-refractivity contribution in [2.45, 2.75) is 70.7 Å². The molecule has 42 heavy (non-hydrogen) atoms. The third-order valence-corrected chi connectivity index (χ3v) is 8.04. The van der Waals surface area contributed by atoms with Gasteiger partial charge in [-0.25, -0.2) is 14.6 Å². The highest BCUT2D eigenvalue weighted by Gasteiger charge is 2.37. The van der Waals surface area contributed by atoms with Crippen LogP contribution in [0.15, 0.2) is 77.9 Å². The van der Waals surface area contributed by atoms with Crippen molar-refractivity contribution in [3.63, 3.8) is 0 Å². The molecule has 3 heterocycles. The molecule has 222 valence electrons. The van der Waals surface area contributed by atoms with Gasteiger partial charge in [0.1, 0.15) is 5.60 Å². The Bertz CT molecular complexity index is 1410. The van der Waals surface area contributed by atoms with Gasteiger partial charge in [-0.2, -0.15) is 0 Å². The number of benzene rings is 2. The first-order chi connectivity index (χ1) is 20.2. The Morgan fingerprint density at radius 2 is 1.62 bits per heavy atom. The highest BCUT2D eigenvalue weighted by molar-refractivity contribution is 5.75. The Labute approximate surface area is 247 Å². The molecule has 0 bridgehead atoms. The van der Waals surface area contributed by atoms with E-state index in [-0.39, 0.29) is 23.7 Å². The van der Waals surface area contributed by atoms with E-state index in [4.69, 9.17) is 4.74 Å². The van der Waals surface area contributed by atoms with Crippen molar-refractivity contribution in [1.29, 1.82) is 0 Å². The van der Waals surface area contributed by atoms with Crippen molar-refractivity contribution in [2.24, 2.45) is 5.92 Å². The lowest BCUT2D eigenvalue weighted by atomic mass is 9.91. The van der Waals surface area contributed by atoms with Crippen LogP contribution in [-0.2, 0) is 11.3 Å². The number of alkyl carbamates (subject to hydrolysis) is 1. The Morgan fingerprint density at radius 1 is 0.952 bits per heavy atom. The highest BCUT2D eigenvalue weighted by atomic mass is 16.6. The SMILES string of the molecule is CC(C)(C)OC(=O)N[C@@H]1CCN(C(=O)N2CCC(Cn3cnc(-c4ccccc4)cc3=O)CC2)[C@H](c2ccccc2)C1. The minimum atomic E-state index is -0.568. The lowest BCUT2D eigenvalue weighted by Crippen LogP contribution is -2.53. The van der Waals surface area contributed by atoms with E-state index < -0.39 is 11.7 Å². The lowest BCUT2D eigenvalue weighted by molar-refractivity contribution is 0.0453. The van der Waals surface area contributed by atoms with Crippen LogP contribution < -0.4 is 10.9 Å². The third kappa shape index (κ3) is 7.38. The Balaban J connectivity index is 1.19. The summed E-state index contributed by atoms with van der Waals surface area (Å²) in [6, 6.07) is 21.1. The summed E-state index contributed by atoms with van der Waals surface area (Å²) >= 11 is 0. The van der Waals surface area contributed by atoms with Crippen LogP contribution in [-0.4, -0.2) is 62.8 Å². The minimum Gasteiger partial charge on any atom is -0.444 e. The smallest absolute Gasteiger partial charge is 0.407 e. The van der Waals surface area contributed by atoms with Gasteiger partial charge in [-0.1, -0.05) is 60.7 Å². The first-order valence-corrected chi connectivity index (χ1v) is 14.9. The van der Waals surface area contributed by atoms with Crippen molar-refractivity contribution in [1.82, 2.24) is 24.7 Å². The van der Waals surface area contributed by atoms with Crippen LogP contribution in [0.5, 0.6) is 0 Å². The summed E-state index contributed by atoms with van der Waals surface area (Å²) in [5.41, 5.74) is 2.03. The molecule has 2 saturated heterocycles. The van der Waals surface area contributed by atoms with Gasteiger partial charge in [0.15, 0.2) is 0 Å². The zero-order chi connectivity index (χ0) is 29.7. The van der Waals surface area contributed by atoms with Crippen LogP contribution in [0.25, 0.3) is 11.3 Å². The summed E-state index contributed by atoms with van der Waals surface area (Å²) in [5, 5.41) is 3.01. The fourth-order valence-electron chi connectivity index (χ4n) is 5.89. The molecule has 9 heteroatoms. The number of nitrogens with one attached hydrogen (secondary N) is 1. The van der Waals surface area contributed by atoms with E-state index in [2.05, 4.69) is 10.3 Å². The maximum atomic E-state index is 13.8. The number of hydrogen-bond acceptors (Lipinski definition) is 5. The first-order valence-electron chi connectivity index (χ1n) is 14.9. The molecule has 2 aliphatic rings. The van der Waals surface area contributed by atoms with Crippen LogP contribution in [0.2, 0.25) is 0 Å². The van der Waals surface area contributed by atoms with E-state index in [1.807, 2.05) is 91.2 Å². The first kappa shape index (κ1) is 29.4. The van der Waals surface area contributed by atoms with Gasteiger partial charge in [-0.05, 0) is 57.9 Å². The standard InChI is InChI=1S/C33H41N5O4/c1-33(2,3)42-31(40)35-27-16-19-38(29(20-27)26-12-8-5-9-13-26)32(41)36-17-14-24(15-18-36)22-37-23-34-28(21-30(37)39)25-10-6-4-7-11-25/h4-13,21,23-24,27,29H,14-20,22H2,1-3H3,(H,35,40)/t27-,29+/m1/s1. The number of ether oxygens (including phenoxy) is 1. The molecule has 0 radical (unpaired) electrons. The van der Waals surface area contributed by atoms with E-state index in [9.17, 15) is 14.4 Å². The topological polar surface area (TPSA) is 96.8 Å². The van der Waals surface area contributed by atoms with Crippen LogP contribution in [0.1, 0.15) is 58.1 Å². The third-order valence-electron chi connectivity index (χ3n) is 8.04. The number of likely N-dealkylation sites (tertiary alicyclic amines) is 2. The van der Waals surface area contributed by atoms with Crippen molar-refractivity contribution in [3.05, 3.63) is 89.0 Å². The largest absolute Gasteiger partial charge is 0.444 e. The molecule has 0 saturated carbocycles.